The van der Waals surface area contributed by atoms with Crippen LogP contribution in [0.3, 0.4) is 0 Å². The fourth-order valence-corrected chi connectivity index (χ4v) is 1.12. The number of rotatable bonds is 5. The average Bonchev–Trinajstić information content (AvgIpc) is 2.31. The highest BCUT2D eigenvalue weighted by molar-refractivity contribution is 5.92. The van der Waals surface area contributed by atoms with Crippen LogP contribution < -0.4 is 11.2 Å². The fraction of sp³-hybridized carbons (Fsp3) is 0.400. The van der Waals surface area contributed by atoms with E-state index in [-0.39, 0.29) is 18.0 Å². The van der Waals surface area contributed by atoms with Crippen LogP contribution >= 0.6 is 0 Å². The van der Waals surface area contributed by atoms with Gasteiger partial charge < -0.3 is 9.47 Å². The van der Waals surface area contributed by atoms with Crippen LogP contribution in [-0.2, 0) is 9.47 Å². The van der Waals surface area contributed by atoms with E-state index < -0.39 is 17.2 Å². The number of ether oxygens (including phenoxy) is 2. The van der Waals surface area contributed by atoms with Gasteiger partial charge in [-0.15, -0.1) is 0 Å². The Morgan fingerprint density at radius 3 is 2.61 bits per heavy atom. The molecule has 0 amide bonds. The van der Waals surface area contributed by atoms with Crippen molar-refractivity contribution in [3.05, 3.63) is 26.5 Å². The first kappa shape index (κ1) is 13.7. The lowest BCUT2D eigenvalue weighted by atomic mass is 10.3. The second-order valence-electron chi connectivity index (χ2n) is 3.04. The summed E-state index contributed by atoms with van der Waals surface area (Å²) in [5, 5.41) is 0. The van der Waals surface area contributed by atoms with Crippen molar-refractivity contribution in [3.63, 3.8) is 0 Å². The number of aliphatic imine (C=N–C) groups is 1. The third kappa shape index (κ3) is 3.30. The summed E-state index contributed by atoms with van der Waals surface area (Å²) in [4.78, 5) is 42.0. The first-order chi connectivity index (χ1) is 8.60. The molecule has 0 atom stereocenters. The SMILES string of the molecule is CCOC=Nc1c(C(=O)OCC)[nH]c(=O)[nH]c1=O. The van der Waals surface area contributed by atoms with E-state index in [1.165, 1.54) is 0 Å². The second kappa shape index (κ2) is 6.38. The monoisotopic (exact) mass is 255 g/mol. The first-order valence-electron chi connectivity index (χ1n) is 5.28. The van der Waals surface area contributed by atoms with Gasteiger partial charge in [0.1, 0.15) is 0 Å². The summed E-state index contributed by atoms with van der Waals surface area (Å²) in [6.07, 6.45) is 1.02. The number of aromatic amines is 2. The number of nitrogens with zero attached hydrogens (tertiary/aromatic N) is 1. The van der Waals surface area contributed by atoms with E-state index in [4.69, 9.17) is 9.47 Å². The molecule has 8 nitrogen and oxygen atoms in total. The lowest BCUT2D eigenvalue weighted by Gasteiger charge is -2.03. The van der Waals surface area contributed by atoms with Crippen molar-refractivity contribution < 1.29 is 14.3 Å². The lowest BCUT2D eigenvalue weighted by molar-refractivity contribution is 0.0520. The normalized spacial score (nSPS) is 10.6. The summed E-state index contributed by atoms with van der Waals surface area (Å²) in [7, 11) is 0. The Hall–Kier alpha value is -2.38. The summed E-state index contributed by atoms with van der Waals surface area (Å²) < 4.78 is 9.54. The van der Waals surface area contributed by atoms with E-state index in [1.807, 2.05) is 4.98 Å². The van der Waals surface area contributed by atoms with Crippen LogP contribution in [0.1, 0.15) is 24.3 Å². The van der Waals surface area contributed by atoms with Crippen LogP contribution in [0, 0.1) is 0 Å². The minimum atomic E-state index is -0.829. The summed E-state index contributed by atoms with van der Waals surface area (Å²) in [6.45, 7) is 3.81. The molecule has 0 spiro atoms. The molecule has 0 saturated carbocycles. The summed E-state index contributed by atoms with van der Waals surface area (Å²) >= 11 is 0. The topological polar surface area (TPSA) is 114 Å². The van der Waals surface area contributed by atoms with Gasteiger partial charge in [-0.3, -0.25) is 14.8 Å². The van der Waals surface area contributed by atoms with Crippen LogP contribution in [0.4, 0.5) is 5.69 Å². The maximum absolute atomic E-state index is 11.5. The quantitative estimate of drug-likeness (QED) is 0.434. The van der Waals surface area contributed by atoms with Crippen molar-refractivity contribution in [2.75, 3.05) is 13.2 Å². The van der Waals surface area contributed by atoms with E-state index in [2.05, 4.69) is 9.98 Å². The molecule has 8 heteroatoms. The number of nitrogens with one attached hydrogen (secondary N) is 2. The average molecular weight is 255 g/mol. The highest BCUT2D eigenvalue weighted by atomic mass is 16.5. The van der Waals surface area contributed by atoms with Crippen molar-refractivity contribution in [1.82, 2.24) is 9.97 Å². The predicted molar refractivity (Wildman–Crippen MR) is 63.4 cm³/mol. The molecular formula is C10H13N3O5. The van der Waals surface area contributed by atoms with E-state index in [9.17, 15) is 14.4 Å². The zero-order valence-corrected chi connectivity index (χ0v) is 9.98. The lowest BCUT2D eigenvalue weighted by Crippen LogP contribution is -2.26. The van der Waals surface area contributed by atoms with Crippen LogP contribution in [0.25, 0.3) is 0 Å². The zero-order valence-electron chi connectivity index (χ0n) is 9.98. The van der Waals surface area contributed by atoms with E-state index in [0.717, 1.165) is 6.40 Å². The Morgan fingerprint density at radius 2 is 2.00 bits per heavy atom. The Bertz CT molecular complexity index is 557. The molecule has 0 aromatic carbocycles. The van der Waals surface area contributed by atoms with E-state index in [0.29, 0.717) is 6.61 Å². The number of carbonyl (C=O) groups excluding carboxylic acids is 1. The Morgan fingerprint density at radius 1 is 1.28 bits per heavy atom. The van der Waals surface area contributed by atoms with Crippen molar-refractivity contribution >= 4 is 18.1 Å². The van der Waals surface area contributed by atoms with Crippen LogP contribution in [0.5, 0.6) is 0 Å². The number of H-pyrrole nitrogens is 2. The van der Waals surface area contributed by atoms with Gasteiger partial charge in [0.15, 0.2) is 17.8 Å². The minimum absolute atomic E-state index is 0.113. The molecule has 0 aliphatic carbocycles. The van der Waals surface area contributed by atoms with Gasteiger partial charge in [-0.1, -0.05) is 0 Å². The van der Waals surface area contributed by atoms with Crippen molar-refractivity contribution in [1.29, 1.82) is 0 Å². The van der Waals surface area contributed by atoms with Crippen molar-refractivity contribution in [3.8, 4) is 0 Å². The third-order valence-corrected chi connectivity index (χ3v) is 1.82. The molecule has 0 radical (unpaired) electrons. The van der Waals surface area contributed by atoms with Crippen molar-refractivity contribution in [2.24, 2.45) is 4.99 Å². The van der Waals surface area contributed by atoms with Gasteiger partial charge in [-0.25, -0.2) is 14.6 Å². The molecule has 0 aliphatic rings. The van der Waals surface area contributed by atoms with Gasteiger partial charge in [-0.05, 0) is 13.8 Å². The maximum atomic E-state index is 11.5. The molecular weight excluding hydrogens is 242 g/mol. The highest BCUT2D eigenvalue weighted by Crippen LogP contribution is 2.09. The van der Waals surface area contributed by atoms with Gasteiger partial charge in [0.2, 0.25) is 0 Å². The van der Waals surface area contributed by atoms with Gasteiger partial charge in [0, 0.05) is 0 Å². The summed E-state index contributed by atoms with van der Waals surface area (Å²) in [5.41, 5.74) is -2.17. The molecule has 0 saturated heterocycles. The largest absolute Gasteiger partial charge is 0.483 e. The van der Waals surface area contributed by atoms with Gasteiger partial charge in [0.25, 0.3) is 5.56 Å². The molecule has 2 N–H and O–H groups in total. The molecule has 0 bridgehead atoms. The standard InChI is InChI=1S/C10H13N3O5/c1-3-17-5-11-6-7(9(15)18-4-2)12-10(16)13-8(6)14/h5H,3-4H2,1-2H3,(H2,12,13,14,16). The summed E-state index contributed by atoms with van der Waals surface area (Å²) in [5.74, 6) is -0.829. The van der Waals surface area contributed by atoms with Gasteiger partial charge >= 0.3 is 11.7 Å². The number of esters is 1. The Labute approximate surface area is 102 Å². The third-order valence-electron chi connectivity index (χ3n) is 1.82. The minimum Gasteiger partial charge on any atom is -0.483 e. The van der Waals surface area contributed by atoms with Gasteiger partial charge in [0.05, 0.1) is 13.2 Å². The van der Waals surface area contributed by atoms with Crippen LogP contribution in [0.15, 0.2) is 14.6 Å². The number of aromatic nitrogens is 2. The van der Waals surface area contributed by atoms with E-state index >= 15 is 0 Å². The number of carbonyl (C=O) groups is 1. The fourth-order valence-electron chi connectivity index (χ4n) is 1.12. The number of hydrogen-bond acceptors (Lipinski definition) is 6. The molecule has 1 heterocycles. The Balaban J connectivity index is 3.25. The molecule has 1 aromatic rings. The van der Waals surface area contributed by atoms with Crippen LogP contribution in [0.2, 0.25) is 0 Å². The molecule has 1 rings (SSSR count). The highest BCUT2D eigenvalue weighted by Gasteiger charge is 2.17. The number of hydrogen-bond donors (Lipinski definition) is 2. The first-order valence-corrected chi connectivity index (χ1v) is 5.28. The Kier molecular flexibility index (Phi) is 4.85. The zero-order chi connectivity index (χ0) is 13.5. The van der Waals surface area contributed by atoms with Crippen LogP contribution in [-0.4, -0.2) is 35.6 Å². The molecule has 98 valence electrons. The molecule has 0 unspecified atom stereocenters. The smallest absolute Gasteiger partial charge is 0.357 e. The molecule has 0 fully saturated rings. The predicted octanol–water partition coefficient (Wildman–Crippen LogP) is -0.0638. The van der Waals surface area contributed by atoms with E-state index in [1.54, 1.807) is 13.8 Å². The van der Waals surface area contributed by atoms with Gasteiger partial charge in [-0.2, -0.15) is 0 Å². The second-order valence-corrected chi connectivity index (χ2v) is 3.04. The summed E-state index contributed by atoms with van der Waals surface area (Å²) in [6, 6.07) is 0. The molecule has 0 aliphatic heterocycles. The molecule has 18 heavy (non-hydrogen) atoms. The molecule has 1 aromatic heterocycles. The van der Waals surface area contributed by atoms with Crippen molar-refractivity contribution in [2.45, 2.75) is 13.8 Å². The maximum Gasteiger partial charge on any atom is 0.357 e.